The van der Waals surface area contributed by atoms with Crippen LogP contribution in [0.4, 0.5) is 0 Å². The van der Waals surface area contributed by atoms with E-state index in [0.717, 1.165) is 35.6 Å². The maximum absolute atomic E-state index is 5.90. The van der Waals surface area contributed by atoms with Crippen LogP contribution in [0.2, 0.25) is 0 Å². The second-order valence-electron chi connectivity index (χ2n) is 7.15. The van der Waals surface area contributed by atoms with E-state index in [1.165, 1.54) is 5.56 Å². The first-order valence-electron chi connectivity index (χ1n) is 9.69. The van der Waals surface area contributed by atoms with Crippen molar-refractivity contribution >= 4 is 17.8 Å². The number of morpholine rings is 1. The lowest BCUT2D eigenvalue weighted by molar-refractivity contribution is -0.510. The Hall–Kier alpha value is -3.23. The fourth-order valence-electron chi connectivity index (χ4n) is 3.41. The molecule has 0 saturated carbocycles. The van der Waals surface area contributed by atoms with E-state index in [0.29, 0.717) is 19.2 Å². The van der Waals surface area contributed by atoms with E-state index in [4.69, 9.17) is 10.5 Å². The van der Waals surface area contributed by atoms with E-state index in [2.05, 4.69) is 87.4 Å². The Morgan fingerprint density at radius 3 is 2.69 bits per heavy atom. The highest BCUT2D eigenvalue weighted by atomic mass is 16.5. The van der Waals surface area contributed by atoms with E-state index >= 15 is 0 Å². The molecule has 8 heteroatoms. The van der Waals surface area contributed by atoms with E-state index in [-0.39, 0.29) is 0 Å². The van der Waals surface area contributed by atoms with Crippen molar-refractivity contribution in [1.29, 1.82) is 0 Å². The summed E-state index contributed by atoms with van der Waals surface area (Å²) in [6.07, 6.45) is 6.11. The summed E-state index contributed by atoms with van der Waals surface area (Å²) in [6.45, 7) is 5.06. The van der Waals surface area contributed by atoms with Crippen molar-refractivity contribution in [3.05, 3.63) is 59.9 Å². The highest BCUT2D eigenvalue weighted by Crippen LogP contribution is 2.19. The Morgan fingerprint density at radius 2 is 1.93 bits per heavy atom. The maximum Gasteiger partial charge on any atom is 0.286 e. The molecule has 1 aliphatic heterocycles. The maximum atomic E-state index is 5.90. The van der Waals surface area contributed by atoms with Gasteiger partial charge in [0, 0.05) is 35.4 Å². The van der Waals surface area contributed by atoms with Crippen LogP contribution in [0.5, 0.6) is 0 Å². The van der Waals surface area contributed by atoms with Gasteiger partial charge >= 0.3 is 0 Å². The average Bonchev–Trinajstić information content (AvgIpc) is 3.05. The first-order chi connectivity index (χ1) is 14.1. The van der Waals surface area contributed by atoms with Gasteiger partial charge in [0.15, 0.2) is 5.69 Å². The highest BCUT2D eigenvalue weighted by molar-refractivity contribution is 5.78. The van der Waals surface area contributed by atoms with Gasteiger partial charge in [-0.25, -0.2) is 14.0 Å². The Bertz CT molecular complexity index is 1050. The minimum absolute atomic E-state index is 0.322. The van der Waals surface area contributed by atoms with Crippen molar-refractivity contribution in [1.82, 2.24) is 15.0 Å². The third-order valence-corrected chi connectivity index (χ3v) is 4.98. The lowest BCUT2D eigenvalue weighted by atomic mass is 10.1. The van der Waals surface area contributed by atoms with Crippen molar-refractivity contribution in [2.45, 2.75) is 6.92 Å². The summed E-state index contributed by atoms with van der Waals surface area (Å²) in [6, 6.07) is 12.6. The van der Waals surface area contributed by atoms with Crippen LogP contribution in [0.1, 0.15) is 11.1 Å². The number of pyridine rings is 1. The zero-order chi connectivity index (χ0) is 20.2. The second-order valence-corrected chi connectivity index (χ2v) is 7.15. The molecule has 8 nitrogen and oxygen atoms in total. The summed E-state index contributed by atoms with van der Waals surface area (Å²) in [4.78, 5) is 0. The zero-order valence-electron chi connectivity index (χ0n) is 16.8. The Balaban J connectivity index is 1.44. The Labute approximate surface area is 169 Å². The van der Waals surface area contributed by atoms with Gasteiger partial charge < -0.3 is 10.5 Å². The van der Waals surface area contributed by atoms with Gasteiger partial charge in [-0.15, -0.1) is 5.10 Å². The molecule has 1 aliphatic rings. The first kappa shape index (κ1) is 19.1. The molecule has 3 heterocycles. The molecule has 4 N–H and O–H groups in total. The number of hydrazine groups is 1. The number of nitrogens with zero attached hydrogens (tertiary/aromatic N) is 4. The van der Waals surface area contributed by atoms with Crippen molar-refractivity contribution in [2.24, 2.45) is 17.9 Å². The molecule has 29 heavy (non-hydrogen) atoms. The molecule has 3 aromatic rings. The predicted octanol–water partition coefficient (Wildman–Crippen LogP) is -0.695. The molecular formula is C21H27N7O+2. The molecule has 150 valence electrons. The van der Waals surface area contributed by atoms with Crippen LogP contribution >= 0.6 is 0 Å². The molecule has 1 aromatic carbocycles. The molecule has 1 saturated heterocycles. The second kappa shape index (κ2) is 8.42. The number of guanidine groups is 1. The Morgan fingerprint density at radius 1 is 1.17 bits per heavy atom. The summed E-state index contributed by atoms with van der Waals surface area (Å²) in [5, 5.41) is 9.02. The first-order valence-corrected chi connectivity index (χ1v) is 9.69. The zero-order valence-corrected chi connectivity index (χ0v) is 16.8. The van der Waals surface area contributed by atoms with Gasteiger partial charge in [0.2, 0.25) is 6.21 Å². The number of ether oxygens (including phenoxy) is 1. The summed E-state index contributed by atoms with van der Waals surface area (Å²) in [5.74, 6) is 0.322. The van der Waals surface area contributed by atoms with Crippen molar-refractivity contribution < 1.29 is 14.2 Å². The third-order valence-electron chi connectivity index (χ3n) is 4.98. The molecule has 0 atom stereocenters. The molecule has 4 rings (SSSR count). The number of hydrogen-bond donors (Lipinski definition) is 3. The van der Waals surface area contributed by atoms with Crippen LogP contribution < -0.4 is 20.7 Å². The molecule has 0 radical (unpaired) electrons. The number of imidazole rings is 1. The van der Waals surface area contributed by atoms with Gasteiger partial charge in [0.05, 0.1) is 26.5 Å². The van der Waals surface area contributed by atoms with E-state index in [1.54, 1.807) is 0 Å². The van der Waals surface area contributed by atoms with Gasteiger partial charge in [0.25, 0.3) is 11.6 Å². The summed E-state index contributed by atoms with van der Waals surface area (Å²) >= 11 is 0. The molecule has 0 spiro atoms. The van der Waals surface area contributed by atoms with Gasteiger partial charge in [-0.3, -0.25) is 5.43 Å². The normalized spacial score (nSPS) is 16.0. The lowest BCUT2D eigenvalue weighted by Crippen LogP contribution is -2.65. The molecule has 0 aliphatic carbocycles. The fraction of sp³-hybridized carbons (Fsp3) is 0.286. The van der Waals surface area contributed by atoms with Crippen LogP contribution in [0, 0.1) is 6.92 Å². The van der Waals surface area contributed by atoms with E-state index in [9.17, 15) is 0 Å². The van der Waals surface area contributed by atoms with E-state index < -0.39 is 0 Å². The van der Waals surface area contributed by atoms with Gasteiger partial charge in [-0.2, -0.15) is 0 Å². The number of hydrazone groups is 1. The molecular weight excluding hydrogens is 366 g/mol. The summed E-state index contributed by atoms with van der Waals surface area (Å²) < 4.78 is 9.66. The number of hydrogen-bond acceptors (Lipinski definition) is 3. The fourth-order valence-corrected chi connectivity index (χ4v) is 3.41. The van der Waals surface area contributed by atoms with Crippen molar-refractivity contribution in [3.63, 3.8) is 0 Å². The smallest absolute Gasteiger partial charge is 0.286 e. The number of nitrogens with two attached hydrogens (primary N) is 1. The number of rotatable bonds is 4. The van der Waals surface area contributed by atoms with Crippen molar-refractivity contribution in [3.8, 4) is 11.3 Å². The van der Waals surface area contributed by atoms with Crippen LogP contribution in [0.15, 0.2) is 53.9 Å². The number of nitrogens with one attached hydrogen (secondary N) is 2. The lowest BCUT2D eigenvalue weighted by Gasteiger charge is -2.26. The van der Waals surface area contributed by atoms with Crippen LogP contribution in [-0.4, -0.2) is 48.1 Å². The number of aryl methyl sites for hydroxylation is 2. The average molecular weight is 393 g/mol. The van der Waals surface area contributed by atoms with Crippen LogP contribution in [0.3, 0.4) is 0 Å². The van der Waals surface area contributed by atoms with E-state index in [1.807, 2.05) is 11.2 Å². The van der Waals surface area contributed by atoms with Gasteiger partial charge in [-0.05, 0) is 42.8 Å². The van der Waals surface area contributed by atoms with Crippen LogP contribution in [0.25, 0.3) is 16.9 Å². The number of benzene rings is 1. The molecule has 0 unspecified atom stereocenters. The van der Waals surface area contributed by atoms with Crippen molar-refractivity contribution in [2.75, 3.05) is 26.3 Å². The standard InChI is InChI=1S/C21H26N7O/c1-16-3-8-20-26(2)19(15-27(20)14-16)18-6-4-17(5-7-18)13-23-24-21(22)25-28-9-11-29-12-10-28/h3-8,13-15H,9-12H2,1-2H3,(H3,22,24,25)/q+1/p+1/b23-13-. The molecule has 1 fully saturated rings. The quantitative estimate of drug-likeness (QED) is 0.237. The summed E-state index contributed by atoms with van der Waals surface area (Å²) in [5.41, 5.74) is 14.7. The number of fused-ring (bicyclic) bond motifs is 1. The SMILES string of the molecule is Cc1ccc2n(C)c(-c3ccc(/C=[NH+]\N=C(N)NN4CCOCC4)cc3)c[n+]2c1. The number of aromatic nitrogens is 2. The molecule has 2 aromatic heterocycles. The Kier molecular flexibility index (Phi) is 5.55. The predicted molar refractivity (Wildman–Crippen MR) is 112 cm³/mol. The van der Waals surface area contributed by atoms with Gasteiger partial charge in [-0.1, -0.05) is 0 Å². The monoisotopic (exact) mass is 393 g/mol. The minimum Gasteiger partial charge on any atom is -0.379 e. The van der Waals surface area contributed by atoms with Crippen LogP contribution in [-0.2, 0) is 11.8 Å². The molecule has 0 bridgehead atoms. The van der Waals surface area contributed by atoms with Gasteiger partial charge in [0.1, 0.15) is 6.20 Å². The topological polar surface area (TPSA) is 85.9 Å². The highest BCUT2D eigenvalue weighted by Gasteiger charge is 2.16. The molecule has 0 amide bonds. The largest absolute Gasteiger partial charge is 0.379 e. The third kappa shape index (κ3) is 4.44. The summed E-state index contributed by atoms with van der Waals surface area (Å²) in [7, 11) is 2.08. The minimum atomic E-state index is 0.322.